The minimum atomic E-state index is -1.29. The van der Waals surface area contributed by atoms with Gasteiger partial charge in [0.2, 0.25) is 5.91 Å². The average Bonchev–Trinajstić information content (AvgIpc) is 2.71. The van der Waals surface area contributed by atoms with E-state index < -0.39 is 24.0 Å². The second kappa shape index (κ2) is 8.35. The number of benzene rings is 2. The van der Waals surface area contributed by atoms with Crippen LogP contribution in [0.2, 0.25) is 0 Å². The third-order valence-electron chi connectivity index (χ3n) is 4.45. The van der Waals surface area contributed by atoms with Gasteiger partial charge in [0.25, 0.3) is 5.56 Å². The normalized spacial score (nSPS) is 10.5. The van der Waals surface area contributed by atoms with Gasteiger partial charge < -0.3 is 10.0 Å². The molecule has 0 aliphatic rings. The molecule has 0 aliphatic carbocycles. The van der Waals surface area contributed by atoms with Crippen LogP contribution in [0.4, 0.5) is 5.69 Å². The lowest BCUT2D eigenvalue weighted by molar-refractivity contribution is -0.119. The topological polar surface area (TPSA) is 116 Å². The van der Waals surface area contributed by atoms with Crippen molar-refractivity contribution in [3.63, 3.8) is 0 Å². The summed E-state index contributed by atoms with van der Waals surface area (Å²) in [5.74, 6) is -1.76. The summed E-state index contributed by atoms with van der Waals surface area (Å²) in [4.78, 5) is 38.7. The van der Waals surface area contributed by atoms with Crippen molar-refractivity contribution >= 4 is 28.3 Å². The number of aromatic carboxylic acids is 1. The molecule has 8 heteroatoms. The van der Waals surface area contributed by atoms with E-state index in [0.29, 0.717) is 5.69 Å². The van der Waals surface area contributed by atoms with Gasteiger partial charge >= 0.3 is 5.97 Å². The van der Waals surface area contributed by atoms with E-state index in [1.807, 2.05) is 25.1 Å². The molecule has 3 rings (SSSR count). The molecule has 2 aromatic carbocycles. The number of carboxylic acids is 1. The molecule has 29 heavy (non-hydrogen) atoms. The molecular weight excluding hydrogens is 372 g/mol. The Hall–Kier alpha value is -3.99. The maximum atomic E-state index is 12.9. The first-order valence-electron chi connectivity index (χ1n) is 8.89. The van der Waals surface area contributed by atoms with Gasteiger partial charge in [-0.05, 0) is 25.1 Å². The highest BCUT2D eigenvalue weighted by molar-refractivity contribution is 6.01. The molecule has 0 fully saturated rings. The Morgan fingerprint density at radius 2 is 1.79 bits per heavy atom. The van der Waals surface area contributed by atoms with E-state index in [1.165, 1.54) is 17.0 Å². The fourth-order valence-electron chi connectivity index (χ4n) is 3.00. The highest BCUT2D eigenvalue weighted by atomic mass is 16.4. The first-order chi connectivity index (χ1) is 13.9. The van der Waals surface area contributed by atoms with Crippen molar-refractivity contribution in [3.8, 4) is 6.07 Å². The van der Waals surface area contributed by atoms with Gasteiger partial charge in [0.1, 0.15) is 6.54 Å². The Morgan fingerprint density at radius 1 is 1.14 bits per heavy atom. The summed E-state index contributed by atoms with van der Waals surface area (Å²) in [5.41, 5.74) is 0.748. The predicted molar refractivity (Wildman–Crippen MR) is 107 cm³/mol. The molecule has 0 bridgehead atoms. The highest BCUT2D eigenvalue weighted by Gasteiger charge is 2.20. The van der Waals surface area contributed by atoms with Gasteiger partial charge in [0.15, 0.2) is 5.69 Å². The fraction of sp³-hybridized carbons (Fsp3) is 0.190. The van der Waals surface area contributed by atoms with Crippen molar-refractivity contribution in [1.82, 2.24) is 9.78 Å². The quantitative estimate of drug-likeness (QED) is 0.691. The van der Waals surface area contributed by atoms with Crippen LogP contribution in [-0.4, -0.2) is 33.3 Å². The lowest BCUT2D eigenvalue weighted by Gasteiger charge is -2.22. The molecule has 3 aromatic rings. The third-order valence-corrected chi connectivity index (χ3v) is 4.45. The molecule has 1 N–H and O–H groups in total. The highest BCUT2D eigenvalue weighted by Crippen LogP contribution is 2.17. The summed E-state index contributed by atoms with van der Waals surface area (Å²) in [6.45, 7) is 1.62. The number of fused-ring (bicyclic) bond motifs is 1. The van der Waals surface area contributed by atoms with Crippen LogP contribution in [0, 0.1) is 18.3 Å². The van der Waals surface area contributed by atoms with Crippen LogP contribution in [0.3, 0.4) is 0 Å². The number of aryl methyl sites for hydroxylation is 1. The van der Waals surface area contributed by atoms with Gasteiger partial charge in [-0.3, -0.25) is 9.59 Å². The Morgan fingerprint density at radius 3 is 2.41 bits per heavy atom. The van der Waals surface area contributed by atoms with Crippen LogP contribution in [0.1, 0.15) is 22.5 Å². The number of hydrogen-bond acceptors (Lipinski definition) is 5. The Bertz CT molecular complexity index is 1180. The summed E-state index contributed by atoms with van der Waals surface area (Å²) < 4.78 is 0.863. The standard InChI is InChI=1S/C21H18N4O4/c1-14-7-9-15(10-8-14)24(12-4-11-22)18(26)13-25-20(27)17-6-3-2-5-16(17)19(23-25)21(28)29/h2-3,5-10H,4,12-13H2,1H3,(H,28,29). The van der Waals surface area contributed by atoms with Crippen LogP contribution in [0.15, 0.2) is 53.3 Å². The lowest BCUT2D eigenvalue weighted by Crippen LogP contribution is -2.38. The first kappa shape index (κ1) is 19.8. The van der Waals surface area contributed by atoms with Crippen molar-refractivity contribution in [1.29, 1.82) is 5.26 Å². The number of hydrogen-bond donors (Lipinski definition) is 1. The number of nitrogens with zero attached hydrogens (tertiary/aromatic N) is 4. The fourth-order valence-corrected chi connectivity index (χ4v) is 3.00. The molecule has 1 aromatic heterocycles. The van der Waals surface area contributed by atoms with Crippen LogP contribution in [0.25, 0.3) is 10.8 Å². The van der Waals surface area contributed by atoms with Gasteiger partial charge in [-0.25, -0.2) is 9.48 Å². The van der Waals surface area contributed by atoms with Crippen molar-refractivity contribution in [2.45, 2.75) is 19.9 Å². The van der Waals surface area contributed by atoms with Crippen molar-refractivity contribution in [2.75, 3.05) is 11.4 Å². The first-order valence-corrected chi connectivity index (χ1v) is 8.89. The molecule has 0 spiro atoms. The summed E-state index contributed by atoms with van der Waals surface area (Å²) >= 11 is 0. The number of carbonyl (C=O) groups is 2. The predicted octanol–water partition coefficient (Wildman–Crippen LogP) is 2.35. The van der Waals surface area contributed by atoms with E-state index in [-0.39, 0.29) is 29.4 Å². The molecule has 1 amide bonds. The molecule has 0 radical (unpaired) electrons. The molecule has 0 aliphatic heterocycles. The summed E-state index contributed by atoms with van der Waals surface area (Å²) in [6, 6.07) is 15.4. The van der Waals surface area contributed by atoms with Gasteiger partial charge in [0, 0.05) is 17.6 Å². The van der Waals surface area contributed by atoms with Crippen molar-refractivity contribution in [2.24, 2.45) is 0 Å². The zero-order valence-corrected chi connectivity index (χ0v) is 15.7. The second-order valence-corrected chi connectivity index (χ2v) is 6.45. The SMILES string of the molecule is Cc1ccc(N(CCC#N)C(=O)Cn2nc(C(=O)O)c3ccccc3c2=O)cc1. The average molecular weight is 390 g/mol. The summed E-state index contributed by atoms with van der Waals surface area (Å²) in [5, 5.41) is 22.7. The minimum absolute atomic E-state index is 0.111. The van der Waals surface area contributed by atoms with Crippen LogP contribution >= 0.6 is 0 Å². The van der Waals surface area contributed by atoms with Gasteiger partial charge in [0.05, 0.1) is 17.9 Å². The summed E-state index contributed by atoms with van der Waals surface area (Å²) in [7, 11) is 0. The van der Waals surface area contributed by atoms with Crippen LogP contribution in [-0.2, 0) is 11.3 Å². The largest absolute Gasteiger partial charge is 0.476 e. The van der Waals surface area contributed by atoms with Crippen LogP contribution < -0.4 is 10.5 Å². The molecule has 0 unspecified atom stereocenters. The maximum Gasteiger partial charge on any atom is 0.357 e. The molecule has 0 atom stereocenters. The van der Waals surface area contributed by atoms with E-state index in [4.69, 9.17) is 5.26 Å². The zero-order valence-electron chi connectivity index (χ0n) is 15.7. The van der Waals surface area contributed by atoms with E-state index in [2.05, 4.69) is 5.10 Å². The number of anilines is 1. The molecule has 146 valence electrons. The molecular formula is C21H18N4O4. The minimum Gasteiger partial charge on any atom is -0.476 e. The lowest BCUT2D eigenvalue weighted by atomic mass is 10.1. The third kappa shape index (κ3) is 4.14. The number of carbonyl (C=O) groups excluding carboxylic acids is 1. The molecule has 1 heterocycles. The second-order valence-electron chi connectivity index (χ2n) is 6.45. The Labute approximate surface area is 166 Å². The smallest absolute Gasteiger partial charge is 0.357 e. The van der Waals surface area contributed by atoms with E-state index in [0.717, 1.165) is 10.2 Å². The monoisotopic (exact) mass is 390 g/mol. The van der Waals surface area contributed by atoms with Gasteiger partial charge in [-0.1, -0.05) is 35.9 Å². The molecule has 0 saturated carbocycles. The number of carboxylic acid groups (broad SMARTS) is 1. The van der Waals surface area contributed by atoms with Crippen molar-refractivity contribution < 1.29 is 14.7 Å². The number of rotatable bonds is 6. The van der Waals surface area contributed by atoms with E-state index in [1.54, 1.807) is 24.3 Å². The molecule has 8 nitrogen and oxygen atoms in total. The summed E-state index contributed by atoms with van der Waals surface area (Å²) in [6.07, 6.45) is 0.111. The number of aromatic nitrogens is 2. The van der Waals surface area contributed by atoms with Crippen molar-refractivity contribution in [3.05, 3.63) is 70.1 Å². The number of amides is 1. The van der Waals surface area contributed by atoms with E-state index >= 15 is 0 Å². The maximum absolute atomic E-state index is 12.9. The van der Waals surface area contributed by atoms with Crippen LogP contribution in [0.5, 0.6) is 0 Å². The number of nitriles is 1. The Balaban J connectivity index is 2.01. The van der Waals surface area contributed by atoms with Gasteiger partial charge in [-0.2, -0.15) is 10.4 Å². The zero-order chi connectivity index (χ0) is 21.0. The Kier molecular flexibility index (Phi) is 5.69. The van der Waals surface area contributed by atoms with Gasteiger partial charge in [-0.15, -0.1) is 0 Å². The van der Waals surface area contributed by atoms with E-state index in [9.17, 15) is 19.5 Å². The molecule has 0 saturated heterocycles.